The Morgan fingerprint density at radius 3 is 1.48 bits per heavy atom. The number of carboxylic acids is 2. The summed E-state index contributed by atoms with van der Waals surface area (Å²) in [5, 5.41) is 18.8. The van der Waals surface area contributed by atoms with E-state index in [4.69, 9.17) is 9.47 Å². The minimum atomic E-state index is -1.07. The number of ether oxygens (including phenoxy) is 2. The van der Waals surface area contributed by atoms with Crippen LogP contribution in [-0.4, -0.2) is 47.3 Å². The third-order valence-electron chi connectivity index (χ3n) is 6.71. The summed E-state index contributed by atoms with van der Waals surface area (Å²) in [4.78, 5) is 44.3. The van der Waals surface area contributed by atoms with Crippen molar-refractivity contribution >= 4 is 24.9 Å². The van der Waals surface area contributed by atoms with Crippen molar-refractivity contribution < 1.29 is 38.9 Å². The fraction of sp³-hybridized carbons (Fsp3) is 0.733. The van der Waals surface area contributed by atoms with Gasteiger partial charge in [-0.25, -0.2) is 0 Å². The molecule has 4 fully saturated rings. The van der Waals surface area contributed by atoms with Gasteiger partial charge in [0.1, 0.15) is 12.2 Å². The molecule has 4 saturated carbocycles. The maximum Gasteiger partial charge on any atom is 0.307 e. The average Bonchev–Trinajstić information content (AvgIpc) is 2.89. The van der Waals surface area contributed by atoms with Crippen LogP contribution < -0.4 is 0 Å². The molecule has 124 valence electrons. The molecule has 23 heavy (non-hydrogen) atoms. The van der Waals surface area contributed by atoms with Crippen molar-refractivity contribution in [1.82, 2.24) is 0 Å². The molecule has 10 atom stereocenters. The molecule has 0 aromatic carbocycles. The molecule has 0 aliphatic heterocycles. The van der Waals surface area contributed by atoms with Gasteiger partial charge in [0.2, 0.25) is 0 Å². The molecule has 0 aromatic heterocycles. The highest BCUT2D eigenvalue weighted by Gasteiger charge is 2.78. The largest absolute Gasteiger partial charge is 0.481 e. The molecule has 4 aliphatic rings. The van der Waals surface area contributed by atoms with E-state index in [1.165, 1.54) is 0 Å². The van der Waals surface area contributed by atoms with Crippen LogP contribution in [0.25, 0.3) is 0 Å². The molecule has 4 aliphatic carbocycles. The SMILES string of the molecule is O=COC1C(OC=O)C2C3CC(C12)C1C(C(=O)O)C(C(=O)O)C31. The smallest absolute Gasteiger partial charge is 0.307 e. The fourth-order valence-corrected chi connectivity index (χ4v) is 6.26. The topological polar surface area (TPSA) is 127 Å². The zero-order valence-electron chi connectivity index (χ0n) is 12.0. The van der Waals surface area contributed by atoms with Gasteiger partial charge in [0, 0.05) is 11.8 Å². The maximum atomic E-state index is 11.5. The molecule has 0 saturated heterocycles. The molecule has 2 N–H and O–H groups in total. The van der Waals surface area contributed by atoms with Gasteiger partial charge in [0.15, 0.2) is 0 Å². The fourth-order valence-electron chi connectivity index (χ4n) is 6.26. The van der Waals surface area contributed by atoms with Crippen LogP contribution in [0, 0.1) is 47.3 Å². The lowest BCUT2D eigenvalue weighted by Crippen LogP contribution is -2.68. The second kappa shape index (κ2) is 4.69. The summed E-state index contributed by atoms with van der Waals surface area (Å²) in [6.45, 7) is 0.641. The molecule has 4 rings (SSSR count). The standard InChI is InChI=1S/C15H16O8/c16-2-22-12-8-4-1-5(9(8)13(12)23-3-17)7-6(4)10(14(18)19)11(7)15(20)21/h2-13H,1H2,(H,18,19)(H,20,21). The summed E-state index contributed by atoms with van der Waals surface area (Å²) in [6.07, 6.45) is -0.371. The summed E-state index contributed by atoms with van der Waals surface area (Å²) in [6, 6.07) is 0. The van der Waals surface area contributed by atoms with Gasteiger partial charge in [0.25, 0.3) is 12.9 Å². The summed E-state index contributed by atoms with van der Waals surface area (Å²) >= 11 is 0. The molecule has 8 heteroatoms. The second-order valence-corrected chi connectivity index (χ2v) is 6.99. The highest BCUT2D eigenvalue weighted by Crippen LogP contribution is 2.74. The van der Waals surface area contributed by atoms with E-state index in [-0.39, 0.29) is 35.5 Å². The van der Waals surface area contributed by atoms with Crippen LogP contribution in [-0.2, 0) is 28.7 Å². The number of hydrogen-bond acceptors (Lipinski definition) is 6. The van der Waals surface area contributed by atoms with E-state index in [9.17, 15) is 29.4 Å². The number of rotatable bonds is 6. The van der Waals surface area contributed by atoms with Crippen LogP contribution in [0.15, 0.2) is 0 Å². The van der Waals surface area contributed by atoms with Crippen LogP contribution in [0.4, 0.5) is 0 Å². The first-order valence-electron chi connectivity index (χ1n) is 7.66. The van der Waals surface area contributed by atoms with Crippen molar-refractivity contribution in [3.63, 3.8) is 0 Å². The molecule has 2 bridgehead atoms. The Hall–Kier alpha value is -2.12. The second-order valence-electron chi connectivity index (χ2n) is 6.99. The summed E-state index contributed by atoms with van der Waals surface area (Å²) in [5.74, 6) is -4.31. The van der Waals surface area contributed by atoms with Crippen LogP contribution in [0.2, 0.25) is 0 Å². The van der Waals surface area contributed by atoms with Gasteiger partial charge >= 0.3 is 11.9 Å². The molecule has 8 nitrogen and oxygen atoms in total. The summed E-state index contributed by atoms with van der Waals surface area (Å²) in [7, 11) is 0. The van der Waals surface area contributed by atoms with Crippen molar-refractivity contribution in [1.29, 1.82) is 0 Å². The zero-order chi connectivity index (χ0) is 16.5. The van der Waals surface area contributed by atoms with Gasteiger partial charge in [-0.1, -0.05) is 0 Å². The summed E-state index contributed by atoms with van der Waals surface area (Å²) in [5.41, 5.74) is 0. The first kappa shape index (κ1) is 14.5. The molecule has 0 radical (unpaired) electrons. The van der Waals surface area contributed by atoms with Crippen LogP contribution >= 0.6 is 0 Å². The Bertz CT molecular complexity index is 538. The molecule has 0 amide bonds. The molecular weight excluding hydrogens is 308 g/mol. The van der Waals surface area contributed by atoms with Crippen molar-refractivity contribution in [2.45, 2.75) is 18.6 Å². The van der Waals surface area contributed by atoms with Gasteiger partial charge in [0.05, 0.1) is 11.8 Å². The minimum Gasteiger partial charge on any atom is -0.481 e. The normalized spacial score (nSPS) is 51.5. The average molecular weight is 324 g/mol. The predicted octanol–water partition coefficient (Wildman–Crippen LogP) is -0.387. The lowest BCUT2D eigenvalue weighted by molar-refractivity contribution is -0.241. The van der Waals surface area contributed by atoms with E-state index in [2.05, 4.69) is 0 Å². The van der Waals surface area contributed by atoms with Gasteiger partial charge < -0.3 is 19.7 Å². The van der Waals surface area contributed by atoms with E-state index in [1.54, 1.807) is 0 Å². The summed E-state index contributed by atoms with van der Waals surface area (Å²) < 4.78 is 10.1. The number of carboxylic acid groups (broad SMARTS) is 2. The Morgan fingerprint density at radius 2 is 1.17 bits per heavy atom. The van der Waals surface area contributed by atoms with Gasteiger partial charge in [-0.3, -0.25) is 19.2 Å². The molecular formula is C15H16O8. The van der Waals surface area contributed by atoms with Crippen molar-refractivity contribution in [2.24, 2.45) is 47.3 Å². The van der Waals surface area contributed by atoms with Gasteiger partial charge in [-0.05, 0) is 30.1 Å². The molecule has 0 heterocycles. The van der Waals surface area contributed by atoms with E-state index < -0.39 is 36.0 Å². The Balaban J connectivity index is 1.63. The van der Waals surface area contributed by atoms with Crippen LogP contribution in [0.1, 0.15) is 6.42 Å². The third-order valence-corrected chi connectivity index (χ3v) is 6.71. The van der Waals surface area contributed by atoms with E-state index in [0.717, 1.165) is 6.42 Å². The first-order chi connectivity index (χ1) is 11.0. The predicted molar refractivity (Wildman–Crippen MR) is 69.7 cm³/mol. The number of aliphatic carboxylic acids is 2. The molecule has 0 spiro atoms. The first-order valence-corrected chi connectivity index (χ1v) is 7.66. The Morgan fingerprint density at radius 1 is 0.783 bits per heavy atom. The van der Waals surface area contributed by atoms with E-state index >= 15 is 0 Å². The highest BCUT2D eigenvalue weighted by molar-refractivity contribution is 5.83. The van der Waals surface area contributed by atoms with Crippen LogP contribution in [0.5, 0.6) is 0 Å². The van der Waals surface area contributed by atoms with Gasteiger partial charge in [-0.15, -0.1) is 0 Å². The molecule has 10 unspecified atom stereocenters. The maximum absolute atomic E-state index is 11.5. The lowest BCUT2D eigenvalue weighted by atomic mass is 9.44. The van der Waals surface area contributed by atoms with Crippen molar-refractivity contribution in [3.05, 3.63) is 0 Å². The number of carbonyl (C=O) groups is 4. The minimum absolute atomic E-state index is 0.0168. The number of hydrogen-bond donors (Lipinski definition) is 2. The van der Waals surface area contributed by atoms with Crippen LogP contribution in [0.3, 0.4) is 0 Å². The Kier molecular flexibility index (Phi) is 2.95. The third kappa shape index (κ3) is 1.56. The Labute approximate surface area is 130 Å². The quantitative estimate of drug-likeness (QED) is 0.633. The van der Waals surface area contributed by atoms with Gasteiger partial charge in [-0.2, -0.15) is 0 Å². The van der Waals surface area contributed by atoms with Crippen molar-refractivity contribution in [2.75, 3.05) is 0 Å². The number of carbonyl (C=O) groups excluding carboxylic acids is 2. The monoisotopic (exact) mass is 324 g/mol. The lowest BCUT2D eigenvalue weighted by Gasteiger charge is -2.61. The van der Waals surface area contributed by atoms with E-state index in [0.29, 0.717) is 12.9 Å². The number of fused-ring (bicyclic) bond motifs is 8. The molecule has 0 aromatic rings. The highest BCUT2D eigenvalue weighted by atomic mass is 16.6. The van der Waals surface area contributed by atoms with E-state index in [1.807, 2.05) is 0 Å². The zero-order valence-corrected chi connectivity index (χ0v) is 12.0. The van der Waals surface area contributed by atoms with Crippen molar-refractivity contribution in [3.8, 4) is 0 Å².